The monoisotopic (exact) mass is 219 g/mol. The Morgan fingerprint density at radius 3 is 2.38 bits per heavy atom. The third-order valence-corrected chi connectivity index (χ3v) is 2.80. The van der Waals surface area contributed by atoms with E-state index in [0.717, 1.165) is 17.8 Å². The summed E-state index contributed by atoms with van der Waals surface area (Å²) < 4.78 is 0. The molecule has 0 aliphatic carbocycles. The molecule has 0 atom stereocenters. The highest BCUT2D eigenvalue weighted by Crippen LogP contribution is 2.23. The van der Waals surface area contributed by atoms with Gasteiger partial charge in [-0.15, -0.1) is 0 Å². The van der Waals surface area contributed by atoms with Crippen LogP contribution in [0.15, 0.2) is 24.3 Å². The topological polar surface area (TPSA) is 20.3 Å². The van der Waals surface area contributed by atoms with Crippen LogP contribution in [0.2, 0.25) is 0 Å². The first-order valence-corrected chi connectivity index (χ1v) is 6.00. The predicted octanol–water partition coefficient (Wildman–Crippen LogP) is 3.51. The van der Waals surface area contributed by atoms with Crippen molar-refractivity contribution in [1.29, 1.82) is 0 Å². The number of nitrogens with zero attached hydrogens (tertiary/aromatic N) is 1. The van der Waals surface area contributed by atoms with E-state index in [1.807, 2.05) is 31.2 Å². The fraction of sp³-hybridized carbons (Fsp3) is 0.500. The van der Waals surface area contributed by atoms with E-state index in [-0.39, 0.29) is 5.78 Å². The minimum atomic E-state index is 0.217. The second kappa shape index (κ2) is 5.69. The van der Waals surface area contributed by atoms with Gasteiger partial charge in [-0.1, -0.05) is 19.1 Å². The normalized spacial score (nSPS) is 10.6. The molecule has 0 spiro atoms. The van der Waals surface area contributed by atoms with Gasteiger partial charge in [0.25, 0.3) is 0 Å². The van der Waals surface area contributed by atoms with Gasteiger partial charge in [0.05, 0.1) is 0 Å². The van der Waals surface area contributed by atoms with E-state index in [1.54, 1.807) is 0 Å². The number of carbonyl (C=O) groups is 1. The lowest BCUT2D eigenvalue weighted by atomic mass is 10.0. The van der Waals surface area contributed by atoms with Crippen LogP contribution in [0.4, 0.5) is 5.69 Å². The molecule has 0 fully saturated rings. The van der Waals surface area contributed by atoms with Gasteiger partial charge >= 0.3 is 0 Å². The van der Waals surface area contributed by atoms with Crippen LogP contribution in [0.5, 0.6) is 0 Å². The molecule has 0 saturated heterocycles. The maximum atomic E-state index is 11.9. The van der Waals surface area contributed by atoms with Gasteiger partial charge in [-0.05, 0) is 32.9 Å². The Morgan fingerprint density at radius 1 is 1.25 bits per heavy atom. The Hall–Kier alpha value is -1.31. The van der Waals surface area contributed by atoms with Crippen LogP contribution in [0.25, 0.3) is 0 Å². The first-order valence-electron chi connectivity index (χ1n) is 6.00. The van der Waals surface area contributed by atoms with E-state index >= 15 is 0 Å². The molecule has 0 radical (unpaired) electrons. The molecular weight excluding hydrogens is 198 g/mol. The summed E-state index contributed by atoms with van der Waals surface area (Å²) in [6.07, 6.45) is 0.562. The van der Waals surface area contributed by atoms with Crippen molar-refractivity contribution in [3.63, 3.8) is 0 Å². The van der Waals surface area contributed by atoms with Crippen molar-refractivity contribution in [2.75, 3.05) is 11.4 Å². The van der Waals surface area contributed by atoms with Crippen LogP contribution in [-0.2, 0) is 0 Å². The molecule has 2 nitrogen and oxygen atoms in total. The zero-order valence-electron chi connectivity index (χ0n) is 10.7. The molecule has 0 aliphatic heterocycles. The smallest absolute Gasteiger partial charge is 0.164 e. The Balaban J connectivity index is 3.16. The molecule has 0 N–H and O–H groups in total. The lowest BCUT2D eigenvalue weighted by molar-refractivity contribution is 0.0988. The number of para-hydroxylation sites is 1. The van der Waals surface area contributed by atoms with Crippen molar-refractivity contribution in [2.24, 2.45) is 0 Å². The summed E-state index contributed by atoms with van der Waals surface area (Å²) in [6, 6.07) is 8.29. The Kier molecular flexibility index (Phi) is 4.53. The number of ketones is 1. The first kappa shape index (κ1) is 12.8. The molecule has 1 aromatic rings. The third-order valence-electron chi connectivity index (χ3n) is 2.80. The lowest BCUT2D eigenvalue weighted by Crippen LogP contribution is -2.31. The Labute approximate surface area is 98.3 Å². The highest BCUT2D eigenvalue weighted by atomic mass is 16.1. The van der Waals surface area contributed by atoms with Crippen molar-refractivity contribution in [3.05, 3.63) is 29.8 Å². The fourth-order valence-electron chi connectivity index (χ4n) is 1.96. The zero-order chi connectivity index (χ0) is 12.1. The number of carbonyl (C=O) groups excluding carboxylic acids is 1. The van der Waals surface area contributed by atoms with Gasteiger partial charge in [0.2, 0.25) is 0 Å². The van der Waals surface area contributed by atoms with Crippen molar-refractivity contribution < 1.29 is 4.79 Å². The minimum Gasteiger partial charge on any atom is -0.369 e. The maximum Gasteiger partial charge on any atom is 0.164 e. The highest BCUT2D eigenvalue weighted by molar-refractivity contribution is 6.01. The summed E-state index contributed by atoms with van der Waals surface area (Å²) in [5, 5.41) is 0. The predicted molar refractivity (Wildman–Crippen MR) is 69.2 cm³/mol. The van der Waals surface area contributed by atoms with E-state index in [2.05, 4.69) is 25.7 Å². The van der Waals surface area contributed by atoms with Crippen molar-refractivity contribution in [3.8, 4) is 0 Å². The molecular formula is C14H21NO. The summed E-state index contributed by atoms with van der Waals surface area (Å²) >= 11 is 0. The van der Waals surface area contributed by atoms with Crippen molar-refractivity contribution in [2.45, 2.75) is 40.2 Å². The molecule has 0 aliphatic rings. The number of Topliss-reactive ketones (excluding diaryl/α,β-unsaturated/α-hetero) is 1. The molecule has 0 amide bonds. The fourth-order valence-corrected chi connectivity index (χ4v) is 1.96. The van der Waals surface area contributed by atoms with Gasteiger partial charge < -0.3 is 4.90 Å². The number of benzene rings is 1. The van der Waals surface area contributed by atoms with E-state index in [0.29, 0.717) is 12.5 Å². The van der Waals surface area contributed by atoms with Crippen LogP contribution >= 0.6 is 0 Å². The largest absolute Gasteiger partial charge is 0.369 e. The highest BCUT2D eigenvalue weighted by Gasteiger charge is 2.15. The summed E-state index contributed by atoms with van der Waals surface area (Å²) in [5.74, 6) is 0.217. The van der Waals surface area contributed by atoms with Crippen molar-refractivity contribution in [1.82, 2.24) is 0 Å². The van der Waals surface area contributed by atoms with Crippen LogP contribution < -0.4 is 4.90 Å². The molecule has 0 bridgehead atoms. The summed E-state index contributed by atoms with van der Waals surface area (Å²) in [4.78, 5) is 14.1. The average Bonchev–Trinajstić information content (AvgIpc) is 2.29. The van der Waals surface area contributed by atoms with E-state index in [4.69, 9.17) is 0 Å². The van der Waals surface area contributed by atoms with Crippen molar-refractivity contribution >= 4 is 11.5 Å². The third kappa shape index (κ3) is 2.63. The molecule has 1 rings (SSSR count). The van der Waals surface area contributed by atoms with Gasteiger partial charge in [0.1, 0.15) is 0 Å². The minimum absolute atomic E-state index is 0.217. The van der Waals surface area contributed by atoms with Gasteiger partial charge in [0.15, 0.2) is 5.78 Å². The van der Waals surface area contributed by atoms with Crippen LogP contribution in [0.3, 0.4) is 0 Å². The summed E-state index contributed by atoms with van der Waals surface area (Å²) in [5.41, 5.74) is 1.91. The molecule has 16 heavy (non-hydrogen) atoms. The van der Waals surface area contributed by atoms with Crippen LogP contribution in [0.1, 0.15) is 44.5 Å². The molecule has 0 saturated carbocycles. The quantitative estimate of drug-likeness (QED) is 0.706. The molecule has 2 heteroatoms. The SMILES string of the molecule is CCC(=O)c1ccccc1N(CC)C(C)C. The van der Waals surface area contributed by atoms with Crippen LogP contribution in [-0.4, -0.2) is 18.4 Å². The molecule has 0 heterocycles. The van der Waals surface area contributed by atoms with E-state index in [9.17, 15) is 4.79 Å². The summed E-state index contributed by atoms with van der Waals surface area (Å²) in [7, 11) is 0. The molecule has 1 aromatic carbocycles. The standard InChI is InChI=1S/C14H21NO/c1-5-14(16)12-9-7-8-10-13(12)15(6-2)11(3)4/h7-11H,5-6H2,1-4H3. The van der Waals surface area contributed by atoms with Crippen LogP contribution in [0, 0.1) is 0 Å². The van der Waals surface area contributed by atoms with E-state index < -0.39 is 0 Å². The second-order valence-electron chi connectivity index (χ2n) is 4.17. The first-order chi connectivity index (χ1) is 7.61. The second-order valence-corrected chi connectivity index (χ2v) is 4.17. The molecule has 0 unspecified atom stereocenters. The summed E-state index contributed by atoms with van der Waals surface area (Å²) in [6.45, 7) is 9.25. The molecule has 88 valence electrons. The number of hydrogen-bond donors (Lipinski definition) is 0. The number of hydrogen-bond acceptors (Lipinski definition) is 2. The number of rotatable bonds is 5. The average molecular weight is 219 g/mol. The lowest BCUT2D eigenvalue weighted by Gasteiger charge is -2.29. The van der Waals surface area contributed by atoms with Gasteiger partial charge in [0, 0.05) is 30.3 Å². The Morgan fingerprint density at radius 2 is 1.88 bits per heavy atom. The van der Waals surface area contributed by atoms with Gasteiger partial charge in [-0.3, -0.25) is 4.79 Å². The van der Waals surface area contributed by atoms with Gasteiger partial charge in [-0.2, -0.15) is 0 Å². The Bertz CT molecular complexity index is 358. The van der Waals surface area contributed by atoms with E-state index in [1.165, 1.54) is 0 Å². The van der Waals surface area contributed by atoms with Gasteiger partial charge in [-0.25, -0.2) is 0 Å². The number of anilines is 1. The maximum absolute atomic E-state index is 11.9. The molecule has 0 aromatic heterocycles. The zero-order valence-corrected chi connectivity index (χ0v) is 10.7.